The van der Waals surface area contributed by atoms with E-state index in [0.717, 1.165) is 12.2 Å². The molecule has 19 heavy (non-hydrogen) atoms. The van der Waals surface area contributed by atoms with E-state index in [1.54, 1.807) is 0 Å². The number of nitrogens with one attached hydrogen (secondary N) is 2. The Morgan fingerprint density at radius 3 is 2.84 bits per heavy atom. The SMILES string of the molecule is CC(NCc1c[nH]c2ccccc12)c1ccccn1. The standard InChI is InChI=1S/C16H17N3/c1-12(15-7-4-5-9-17-15)18-10-13-11-19-16-8-3-2-6-14(13)16/h2-9,11-12,18-19H,10H2,1H3. The van der Waals surface area contributed by atoms with Gasteiger partial charge < -0.3 is 10.3 Å². The van der Waals surface area contributed by atoms with E-state index < -0.39 is 0 Å². The Balaban J connectivity index is 1.73. The third-order valence-corrected chi connectivity index (χ3v) is 3.41. The maximum Gasteiger partial charge on any atom is 0.0570 e. The van der Waals surface area contributed by atoms with E-state index in [1.165, 1.54) is 16.5 Å². The number of para-hydroxylation sites is 1. The minimum Gasteiger partial charge on any atom is -0.361 e. The normalized spacial score (nSPS) is 12.7. The zero-order chi connectivity index (χ0) is 13.1. The van der Waals surface area contributed by atoms with Crippen LogP contribution in [0, 0.1) is 0 Å². The van der Waals surface area contributed by atoms with Gasteiger partial charge in [0.05, 0.1) is 5.69 Å². The molecule has 0 bridgehead atoms. The van der Waals surface area contributed by atoms with E-state index in [4.69, 9.17) is 0 Å². The predicted octanol–water partition coefficient (Wildman–Crippen LogP) is 3.41. The van der Waals surface area contributed by atoms with Gasteiger partial charge >= 0.3 is 0 Å². The lowest BCUT2D eigenvalue weighted by molar-refractivity contribution is 0.563. The monoisotopic (exact) mass is 251 g/mol. The third-order valence-electron chi connectivity index (χ3n) is 3.41. The molecule has 3 rings (SSSR count). The van der Waals surface area contributed by atoms with E-state index >= 15 is 0 Å². The Bertz CT molecular complexity index is 658. The lowest BCUT2D eigenvalue weighted by atomic mass is 10.1. The van der Waals surface area contributed by atoms with Crippen LogP contribution in [-0.2, 0) is 6.54 Å². The number of benzene rings is 1. The molecule has 2 N–H and O–H groups in total. The first-order chi connectivity index (χ1) is 9.34. The second-order valence-corrected chi connectivity index (χ2v) is 4.72. The highest BCUT2D eigenvalue weighted by Gasteiger charge is 2.07. The van der Waals surface area contributed by atoms with Gasteiger partial charge in [0.2, 0.25) is 0 Å². The summed E-state index contributed by atoms with van der Waals surface area (Å²) in [6, 6.07) is 14.6. The number of nitrogens with zero attached hydrogens (tertiary/aromatic N) is 1. The molecule has 1 unspecified atom stereocenters. The molecule has 0 amide bonds. The maximum absolute atomic E-state index is 4.37. The van der Waals surface area contributed by atoms with E-state index in [1.807, 2.05) is 30.5 Å². The molecule has 96 valence electrons. The Labute approximate surface area is 112 Å². The van der Waals surface area contributed by atoms with Crippen LogP contribution in [0.15, 0.2) is 54.9 Å². The molecule has 0 aliphatic rings. The molecule has 1 atom stereocenters. The summed E-state index contributed by atoms with van der Waals surface area (Å²) in [4.78, 5) is 7.67. The highest BCUT2D eigenvalue weighted by molar-refractivity contribution is 5.82. The number of rotatable bonds is 4. The molecule has 0 saturated heterocycles. The molecule has 0 aliphatic heterocycles. The highest BCUT2D eigenvalue weighted by atomic mass is 14.9. The molecule has 3 nitrogen and oxygen atoms in total. The topological polar surface area (TPSA) is 40.7 Å². The van der Waals surface area contributed by atoms with Crippen LogP contribution in [0.5, 0.6) is 0 Å². The van der Waals surface area contributed by atoms with Crippen LogP contribution in [0.25, 0.3) is 10.9 Å². The molecule has 1 aromatic carbocycles. The minimum absolute atomic E-state index is 0.245. The number of hydrogen-bond acceptors (Lipinski definition) is 2. The van der Waals surface area contributed by atoms with Gasteiger partial charge in [-0.1, -0.05) is 24.3 Å². The highest BCUT2D eigenvalue weighted by Crippen LogP contribution is 2.18. The van der Waals surface area contributed by atoms with Gasteiger partial charge in [-0.2, -0.15) is 0 Å². The molecule has 2 aromatic heterocycles. The zero-order valence-corrected chi connectivity index (χ0v) is 10.9. The summed E-state index contributed by atoms with van der Waals surface area (Å²) >= 11 is 0. The Morgan fingerprint density at radius 2 is 2.00 bits per heavy atom. The van der Waals surface area contributed by atoms with Crippen LogP contribution in [0.4, 0.5) is 0 Å². The van der Waals surface area contributed by atoms with E-state index in [0.29, 0.717) is 0 Å². The lowest BCUT2D eigenvalue weighted by Gasteiger charge is -2.12. The molecule has 0 aliphatic carbocycles. The van der Waals surface area contributed by atoms with E-state index in [9.17, 15) is 0 Å². The second-order valence-electron chi connectivity index (χ2n) is 4.72. The third kappa shape index (κ3) is 2.51. The molecule has 0 radical (unpaired) electrons. The average Bonchev–Trinajstić information content (AvgIpc) is 2.89. The van der Waals surface area contributed by atoms with Gasteiger partial charge in [0.1, 0.15) is 0 Å². The number of aromatic nitrogens is 2. The molecule has 3 heteroatoms. The van der Waals surface area contributed by atoms with Gasteiger partial charge in [0, 0.05) is 35.9 Å². The van der Waals surface area contributed by atoms with E-state index in [-0.39, 0.29) is 6.04 Å². The molecule has 2 heterocycles. The molecular weight excluding hydrogens is 234 g/mol. The lowest BCUT2D eigenvalue weighted by Crippen LogP contribution is -2.18. The minimum atomic E-state index is 0.245. The van der Waals surface area contributed by atoms with Crippen LogP contribution in [0.1, 0.15) is 24.2 Å². The number of pyridine rings is 1. The number of H-pyrrole nitrogens is 1. The van der Waals surface area contributed by atoms with E-state index in [2.05, 4.69) is 46.6 Å². The molecule has 0 spiro atoms. The molecule has 0 fully saturated rings. The van der Waals surface area contributed by atoms with Crippen LogP contribution in [0.2, 0.25) is 0 Å². The van der Waals surface area contributed by atoms with Crippen molar-refractivity contribution in [2.24, 2.45) is 0 Å². The number of fused-ring (bicyclic) bond motifs is 1. The number of hydrogen-bond donors (Lipinski definition) is 2. The van der Waals surface area contributed by atoms with Crippen LogP contribution < -0.4 is 5.32 Å². The first-order valence-electron chi connectivity index (χ1n) is 6.54. The van der Waals surface area contributed by atoms with Crippen molar-refractivity contribution in [3.05, 3.63) is 66.1 Å². The summed E-state index contributed by atoms with van der Waals surface area (Å²) in [5.41, 5.74) is 3.55. The smallest absolute Gasteiger partial charge is 0.0570 e. The van der Waals surface area contributed by atoms with Crippen molar-refractivity contribution < 1.29 is 0 Å². The quantitative estimate of drug-likeness (QED) is 0.746. The van der Waals surface area contributed by atoms with Crippen LogP contribution >= 0.6 is 0 Å². The summed E-state index contributed by atoms with van der Waals surface area (Å²) in [6.45, 7) is 2.97. The Hall–Kier alpha value is -2.13. The van der Waals surface area contributed by atoms with Gasteiger partial charge in [0.15, 0.2) is 0 Å². The fourth-order valence-electron chi connectivity index (χ4n) is 2.28. The van der Waals surface area contributed by atoms with Crippen molar-refractivity contribution in [3.63, 3.8) is 0 Å². The second kappa shape index (κ2) is 5.24. The van der Waals surface area contributed by atoms with Crippen molar-refractivity contribution in [1.82, 2.24) is 15.3 Å². The summed E-state index contributed by atoms with van der Waals surface area (Å²) in [5.74, 6) is 0. The average molecular weight is 251 g/mol. The predicted molar refractivity (Wildman–Crippen MR) is 77.8 cm³/mol. The Morgan fingerprint density at radius 1 is 1.16 bits per heavy atom. The van der Waals surface area contributed by atoms with Gasteiger partial charge in [0.25, 0.3) is 0 Å². The molecular formula is C16H17N3. The maximum atomic E-state index is 4.37. The first kappa shape index (κ1) is 11.9. The van der Waals surface area contributed by atoms with Crippen molar-refractivity contribution in [3.8, 4) is 0 Å². The summed E-state index contributed by atoms with van der Waals surface area (Å²) in [6.07, 6.45) is 3.90. The van der Waals surface area contributed by atoms with Gasteiger partial charge in [-0.25, -0.2) is 0 Å². The van der Waals surface area contributed by atoms with Gasteiger partial charge in [-0.15, -0.1) is 0 Å². The molecule has 3 aromatic rings. The molecule has 0 saturated carbocycles. The Kier molecular flexibility index (Phi) is 3.29. The van der Waals surface area contributed by atoms with Crippen LogP contribution in [-0.4, -0.2) is 9.97 Å². The number of aromatic amines is 1. The largest absolute Gasteiger partial charge is 0.361 e. The summed E-state index contributed by atoms with van der Waals surface area (Å²) in [7, 11) is 0. The zero-order valence-electron chi connectivity index (χ0n) is 10.9. The van der Waals surface area contributed by atoms with Crippen LogP contribution in [0.3, 0.4) is 0 Å². The summed E-state index contributed by atoms with van der Waals surface area (Å²) < 4.78 is 0. The van der Waals surface area contributed by atoms with Gasteiger partial charge in [-0.3, -0.25) is 4.98 Å². The van der Waals surface area contributed by atoms with Crippen molar-refractivity contribution in [1.29, 1.82) is 0 Å². The van der Waals surface area contributed by atoms with Crippen molar-refractivity contribution in [2.75, 3.05) is 0 Å². The fraction of sp³-hybridized carbons (Fsp3) is 0.188. The van der Waals surface area contributed by atoms with Crippen molar-refractivity contribution >= 4 is 10.9 Å². The summed E-state index contributed by atoms with van der Waals surface area (Å²) in [5, 5.41) is 4.79. The first-order valence-corrected chi connectivity index (χ1v) is 6.54. The van der Waals surface area contributed by atoms with Crippen molar-refractivity contribution in [2.45, 2.75) is 19.5 Å². The van der Waals surface area contributed by atoms with Gasteiger partial charge in [-0.05, 0) is 30.7 Å². The fourth-order valence-corrected chi connectivity index (χ4v) is 2.28.